The number of piperazine rings is 1. The van der Waals surface area contributed by atoms with Gasteiger partial charge in [0, 0.05) is 48.2 Å². The van der Waals surface area contributed by atoms with Crippen LogP contribution in [-0.2, 0) is 11.2 Å². The van der Waals surface area contributed by atoms with E-state index in [1.807, 2.05) is 30.3 Å². The summed E-state index contributed by atoms with van der Waals surface area (Å²) in [5.74, 6) is -0.418. The van der Waals surface area contributed by atoms with Gasteiger partial charge in [-0.2, -0.15) is 0 Å². The molecule has 0 spiro atoms. The fourth-order valence-corrected chi connectivity index (χ4v) is 3.96. The van der Waals surface area contributed by atoms with Crippen molar-refractivity contribution in [2.75, 3.05) is 26.2 Å². The van der Waals surface area contributed by atoms with E-state index in [2.05, 4.69) is 5.32 Å². The number of nitrogens with two attached hydrogens (primary N) is 1. The number of urea groups is 1. The number of rotatable bonds is 5. The zero-order valence-electron chi connectivity index (χ0n) is 16.2. The Kier molecular flexibility index (Phi) is 7.18. The van der Waals surface area contributed by atoms with Crippen molar-refractivity contribution in [3.8, 4) is 0 Å². The van der Waals surface area contributed by atoms with Gasteiger partial charge in [0.05, 0.1) is 0 Å². The molecule has 7 nitrogen and oxygen atoms in total. The van der Waals surface area contributed by atoms with Gasteiger partial charge in [-0.3, -0.25) is 9.59 Å². The van der Waals surface area contributed by atoms with Gasteiger partial charge in [0.25, 0.3) is 5.91 Å². The first-order chi connectivity index (χ1) is 14.3. The number of halogens is 2. The van der Waals surface area contributed by atoms with Crippen LogP contribution in [0.3, 0.4) is 0 Å². The van der Waals surface area contributed by atoms with E-state index in [-0.39, 0.29) is 11.8 Å². The van der Waals surface area contributed by atoms with Gasteiger partial charge in [0.2, 0.25) is 5.91 Å². The largest absolute Gasteiger partial charge is 0.352 e. The van der Waals surface area contributed by atoms with Crippen molar-refractivity contribution in [1.29, 1.82) is 0 Å². The molecule has 1 aliphatic rings. The van der Waals surface area contributed by atoms with Crippen LogP contribution in [0.1, 0.15) is 15.9 Å². The van der Waals surface area contributed by atoms with Crippen molar-refractivity contribution in [1.82, 2.24) is 15.1 Å². The molecule has 30 heavy (non-hydrogen) atoms. The first-order valence-corrected chi connectivity index (χ1v) is 10.2. The lowest BCUT2D eigenvalue weighted by atomic mass is 10.0. The summed E-state index contributed by atoms with van der Waals surface area (Å²) < 4.78 is 0. The molecule has 2 aromatic carbocycles. The van der Waals surface area contributed by atoms with E-state index in [1.54, 1.807) is 28.0 Å². The second kappa shape index (κ2) is 9.82. The van der Waals surface area contributed by atoms with Gasteiger partial charge >= 0.3 is 6.03 Å². The first-order valence-electron chi connectivity index (χ1n) is 9.47. The number of hydrogen-bond acceptors (Lipinski definition) is 3. The van der Waals surface area contributed by atoms with Crippen LogP contribution in [0.25, 0.3) is 0 Å². The van der Waals surface area contributed by atoms with Crippen molar-refractivity contribution in [2.24, 2.45) is 5.73 Å². The van der Waals surface area contributed by atoms with Gasteiger partial charge in [-0.05, 0) is 23.8 Å². The summed E-state index contributed by atoms with van der Waals surface area (Å²) in [6, 6.07) is 12.6. The molecule has 158 valence electrons. The minimum absolute atomic E-state index is 0.192. The maximum absolute atomic E-state index is 13.0. The van der Waals surface area contributed by atoms with Gasteiger partial charge in [0.15, 0.2) is 0 Å². The summed E-state index contributed by atoms with van der Waals surface area (Å²) in [6.45, 7) is 1.43. The van der Waals surface area contributed by atoms with Gasteiger partial charge in [-0.25, -0.2) is 4.79 Å². The van der Waals surface area contributed by atoms with E-state index in [0.29, 0.717) is 48.2 Å². The monoisotopic (exact) mass is 448 g/mol. The number of benzene rings is 2. The molecule has 1 fully saturated rings. The number of nitrogens with one attached hydrogen (secondary N) is 1. The average molecular weight is 449 g/mol. The molecule has 1 heterocycles. The second-order valence-corrected chi connectivity index (χ2v) is 7.90. The highest BCUT2D eigenvalue weighted by atomic mass is 35.5. The van der Waals surface area contributed by atoms with Crippen molar-refractivity contribution >= 4 is 41.0 Å². The lowest BCUT2D eigenvalue weighted by Crippen LogP contribution is -2.57. The highest BCUT2D eigenvalue weighted by Gasteiger charge is 2.30. The lowest BCUT2D eigenvalue weighted by Gasteiger charge is -2.36. The summed E-state index contributed by atoms with van der Waals surface area (Å²) in [5.41, 5.74) is 6.59. The van der Waals surface area contributed by atoms with Gasteiger partial charge in [0.1, 0.15) is 6.04 Å². The third-order valence-electron chi connectivity index (χ3n) is 4.89. The fourth-order valence-electron chi connectivity index (χ4n) is 3.43. The zero-order valence-corrected chi connectivity index (χ0v) is 17.7. The number of primary amides is 1. The van der Waals surface area contributed by atoms with Crippen LogP contribution in [0.5, 0.6) is 0 Å². The normalized spacial score (nSPS) is 14.9. The third kappa shape index (κ3) is 5.64. The predicted molar refractivity (Wildman–Crippen MR) is 116 cm³/mol. The molecule has 9 heteroatoms. The number of carbonyl (C=O) groups is 3. The van der Waals surface area contributed by atoms with Crippen molar-refractivity contribution in [3.05, 3.63) is 69.7 Å². The summed E-state index contributed by atoms with van der Waals surface area (Å²) in [6.07, 6.45) is 0.336. The molecule has 3 rings (SSSR count). The average Bonchev–Trinajstić information content (AvgIpc) is 2.72. The molecule has 1 aliphatic heterocycles. The Morgan fingerprint density at radius 2 is 1.50 bits per heavy atom. The van der Waals surface area contributed by atoms with Crippen LogP contribution in [0.2, 0.25) is 10.0 Å². The van der Waals surface area contributed by atoms with E-state index >= 15 is 0 Å². The highest BCUT2D eigenvalue weighted by Crippen LogP contribution is 2.21. The summed E-state index contributed by atoms with van der Waals surface area (Å²) in [7, 11) is 0. The topological polar surface area (TPSA) is 95.7 Å². The smallest absolute Gasteiger partial charge is 0.312 e. The first kappa shape index (κ1) is 21.9. The van der Waals surface area contributed by atoms with Crippen LogP contribution in [0.4, 0.5) is 4.79 Å². The number of carbonyl (C=O) groups excluding carboxylic acids is 3. The molecule has 0 bridgehead atoms. The van der Waals surface area contributed by atoms with Crippen LogP contribution in [0.15, 0.2) is 48.5 Å². The van der Waals surface area contributed by atoms with E-state index in [1.165, 1.54) is 0 Å². The fraction of sp³-hybridized carbons (Fsp3) is 0.286. The maximum atomic E-state index is 13.0. The Morgan fingerprint density at radius 3 is 2.07 bits per heavy atom. The second-order valence-electron chi connectivity index (χ2n) is 7.03. The molecule has 4 amide bonds. The predicted octanol–water partition coefficient (Wildman–Crippen LogP) is 2.56. The third-order valence-corrected chi connectivity index (χ3v) is 5.32. The quantitative estimate of drug-likeness (QED) is 0.735. The van der Waals surface area contributed by atoms with Crippen LogP contribution in [-0.4, -0.2) is 59.9 Å². The number of hydrogen-bond donors (Lipinski definition) is 2. The van der Waals surface area contributed by atoms with E-state index < -0.39 is 12.1 Å². The Labute approximate surface area is 184 Å². The summed E-state index contributed by atoms with van der Waals surface area (Å²) >= 11 is 12.0. The molecular formula is C21H22Cl2N4O3. The molecule has 1 atom stereocenters. The molecule has 1 saturated heterocycles. The molecule has 0 aliphatic carbocycles. The minimum atomic E-state index is -0.765. The molecule has 0 aromatic heterocycles. The lowest BCUT2D eigenvalue weighted by molar-refractivity contribution is -0.134. The Morgan fingerprint density at radius 1 is 0.933 bits per heavy atom. The van der Waals surface area contributed by atoms with Gasteiger partial charge in [-0.15, -0.1) is 0 Å². The van der Waals surface area contributed by atoms with E-state index in [0.717, 1.165) is 5.56 Å². The molecule has 0 saturated carbocycles. The van der Waals surface area contributed by atoms with Crippen molar-refractivity contribution < 1.29 is 14.4 Å². The van der Waals surface area contributed by atoms with Crippen LogP contribution < -0.4 is 11.1 Å². The summed E-state index contributed by atoms with van der Waals surface area (Å²) in [5, 5.41) is 3.32. The van der Waals surface area contributed by atoms with E-state index in [9.17, 15) is 14.4 Å². The number of nitrogens with zero attached hydrogens (tertiary/aromatic N) is 2. The number of amides is 4. The standard InChI is InChI=1S/C21H22Cl2N4O3/c22-16-11-15(12-17(23)13-16)19(28)26-6-8-27(9-7-26)20(29)18(25-21(24)30)10-14-4-2-1-3-5-14/h1-5,11-13,18H,6-10H2,(H3,24,25,30)/t18-/m0/s1. The molecule has 0 unspecified atom stereocenters. The Balaban J connectivity index is 1.63. The molecule has 3 N–H and O–H groups in total. The van der Waals surface area contributed by atoms with E-state index in [4.69, 9.17) is 28.9 Å². The van der Waals surface area contributed by atoms with Crippen molar-refractivity contribution in [2.45, 2.75) is 12.5 Å². The Hall–Kier alpha value is -2.77. The zero-order chi connectivity index (χ0) is 21.7. The Bertz CT molecular complexity index is 911. The van der Waals surface area contributed by atoms with Crippen molar-refractivity contribution in [3.63, 3.8) is 0 Å². The van der Waals surface area contributed by atoms with Crippen LogP contribution in [0, 0.1) is 0 Å². The van der Waals surface area contributed by atoms with Crippen LogP contribution >= 0.6 is 23.2 Å². The molecule has 2 aromatic rings. The highest BCUT2D eigenvalue weighted by molar-refractivity contribution is 6.35. The minimum Gasteiger partial charge on any atom is -0.352 e. The maximum Gasteiger partial charge on any atom is 0.312 e. The summed E-state index contributed by atoms with van der Waals surface area (Å²) in [4.78, 5) is 40.4. The molecule has 0 radical (unpaired) electrons. The SMILES string of the molecule is NC(=O)N[C@@H](Cc1ccccc1)C(=O)N1CCN(C(=O)c2cc(Cl)cc(Cl)c2)CC1. The molecular weight excluding hydrogens is 427 g/mol. The van der Waals surface area contributed by atoms with Gasteiger partial charge < -0.3 is 20.9 Å². The van der Waals surface area contributed by atoms with Gasteiger partial charge in [-0.1, -0.05) is 53.5 Å².